The minimum absolute atomic E-state index is 0.133. The first-order valence-corrected chi connectivity index (χ1v) is 11.0. The lowest BCUT2D eigenvalue weighted by Crippen LogP contribution is -2.46. The molecule has 7 nitrogen and oxygen atoms in total. The van der Waals surface area contributed by atoms with Crippen LogP contribution >= 0.6 is 0 Å². The Balaban J connectivity index is 1.44. The molecule has 168 valence electrons. The second-order valence-corrected chi connectivity index (χ2v) is 8.26. The Morgan fingerprint density at radius 2 is 1.81 bits per heavy atom. The highest BCUT2D eigenvalue weighted by Crippen LogP contribution is 2.20. The molecule has 1 aliphatic heterocycles. The summed E-state index contributed by atoms with van der Waals surface area (Å²) in [6.45, 7) is 1.91. The predicted molar refractivity (Wildman–Crippen MR) is 122 cm³/mol. The fourth-order valence-corrected chi connectivity index (χ4v) is 3.97. The number of carbonyl (C=O) groups is 2. The van der Waals surface area contributed by atoms with Gasteiger partial charge < -0.3 is 24.7 Å². The second kappa shape index (κ2) is 10.3. The largest absolute Gasteiger partial charge is 0.461 e. The zero-order valence-corrected chi connectivity index (χ0v) is 18.3. The standard InChI is InChI=1S/C25H29N3O4/c1-28-13-11-20(12-14-28)32-24(29)23(15-19-16-26-22-10-6-5-9-21(19)22)27-25(30)31-17-18-7-3-2-4-8-18/h2-10,16,20,23,26H,11-15,17H2,1H3,(H,27,30). The smallest absolute Gasteiger partial charge is 0.408 e. The van der Waals surface area contributed by atoms with Crippen molar-refractivity contribution in [3.8, 4) is 0 Å². The molecule has 1 aliphatic rings. The van der Waals surface area contributed by atoms with Gasteiger partial charge in [-0.05, 0) is 37.1 Å². The maximum Gasteiger partial charge on any atom is 0.408 e. The van der Waals surface area contributed by atoms with Crippen LogP contribution in [0.3, 0.4) is 0 Å². The van der Waals surface area contributed by atoms with Crippen molar-refractivity contribution in [2.24, 2.45) is 0 Å². The number of amides is 1. The number of hydrogen-bond acceptors (Lipinski definition) is 5. The lowest BCUT2D eigenvalue weighted by Gasteiger charge is -2.29. The van der Waals surface area contributed by atoms with E-state index in [0.717, 1.165) is 48.0 Å². The predicted octanol–water partition coefficient (Wildman–Crippen LogP) is 3.64. The quantitative estimate of drug-likeness (QED) is 0.554. The molecule has 32 heavy (non-hydrogen) atoms. The highest BCUT2D eigenvalue weighted by molar-refractivity contribution is 5.86. The second-order valence-electron chi connectivity index (χ2n) is 8.26. The molecule has 1 saturated heterocycles. The number of nitrogens with one attached hydrogen (secondary N) is 2. The van der Waals surface area contributed by atoms with E-state index in [9.17, 15) is 9.59 Å². The molecule has 1 unspecified atom stereocenters. The lowest BCUT2D eigenvalue weighted by molar-refractivity contribution is -0.153. The molecule has 0 radical (unpaired) electrons. The van der Waals surface area contributed by atoms with Gasteiger partial charge in [0.15, 0.2) is 0 Å². The summed E-state index contributed by atoms with van der Waals surface area (Å²) in [6.07, 6.45) is 3.00. The number of fused-ring (bicyclic) bond motifs is 1. The molecule has 2 N–H and O–H groups in total. The molecule has 1 atom stereocenters. The summed E-state index contributed by atoms with van der Waals surface area (Å²) in [4.78, 5) is 31.0. The summed E-state index contributed by atoms with van der Waals surface area (Å²) < 4.78 is 11.1. The summed E-state index contributed by atoms with van der Waals surface area (Å²) in [5, 5.41) is 3.75. The van der Waals surface area contributed by atoms with Crippen molar-refractivity contribution in [2.75, 3.05) is 20.1 Å². The van der Waals surface area contributed by atoms with E-state index in [0.29, 0.717) is 6.42 Å². The lowest BCUT2D eigenvalue weighted by atomic mass is 10.0. The van der Waals surface area contributed by atoms with Crippen molar-refractivity contribution < 1.29 is 19.1 Å². The van der Waals surface area contributed by atoms with Gasteiger partial charge in [0, 0.05) is 36.6 Å². The van der Waals surface area contributed by atoms with Crippen LogP contribution in [0.15, 0.2) is 60.8 Å². The van der Waals surface area contributed by atoms with Crippen LogP contribution in [0.1, 0.15) is 24.0 Å². The normalized spacial score (nSPS) is 15.9. The molecule has 0 aliphatic carbocycles. The van der Waals surface area contributed by atoms with Crippen molar-refractivity contribution in [2.45, 2.75) is 38.0 Å². The molecule has 2 heterocycles. The van der Waals surface area contributed by atoms with E-state index in [1.165, 1.54) is 0 Å². The molecule has 1 amide bonds. The molecule has 7 heteroatoms. The van der Waals surface area contributed by atoms with Crippen molar-refractivity contribution in [3.63, 3.8) is 0 Å². The number of H-pyrrole nitrogens is 1. The van der Waals surface area contributed by atoms with Crippen LogP contribution in [0.5, 0.6) is 0 Å². The highest BCUT2D eigenvalue weighted by Gasteiger charge is 2.28. The van der Waals surface area contributed by atoms with Crippen LogP contribution < -0.4 is 5.32 Å². The van der Waals surface area contributed by atoms with Crippen LogP contribution in [-0.2, 0) is 27.3 Å². The molecular formula is C25H29N3O4. The number of aromatic amines is 1. The minimum Gasteiger partial charge on any atom is -0.461 e. The van der Waals surface area contributed by atoms with Crippen LogP contribution in [0.25, 0.3) is 10.9 Å². The third-order valence-electron chi connectivity index (χ3n) is 5.84. The first-order valence-electron chi connectivity index (χ1n) is 11.0. The summed E-state index contributed by atoms with van der Waals surface area (Å²) in [6, 6.07) is 16.5. The number of alkyl carbamates (subject to hydrolysis) is 1. The number of para-hydroxylation sites is 1. The number of nitrogens with zero attached hydrogens (tertiary/aromatic N) is 1. The Morgan fingerprint density at radius 1 is 1.09 bits per heavy atom. The first kappa shape index (κ1) is 21.9. The van der Waals surface area contributed by atoms with E-state index in [2.05, 4.69) is 22.2 Å². The highest BCUT2D eigenvalue weighted by atomic mass is 16.6. The average molecular weight is 436 g/mol. The van der Waals surface area contributed by atoms with Crippen LogP contribution in [0.2, 0.25) is 0 Å². The van der Waals surface area contributed by atoms with Gasteiger partial charge in [-0.15, -0.1) is 0 Å². The first-order chi connectivity index (χ1) is 15.6. The van der Waals surface area contributed by atoms with Crippen LogP contribution in [-0.4, -0.2) is 54.2 Å². The van der Waals surface area contributed by atoms with Gasteiger partial charge in [0.1, 0.15) is 18.8 Å². The number of carbonyl (C=O) groups excluding carboxylic acids is 2. The number of aromatic nitrogens is 1. The molecule has 0 bridgehead atoms. The number of hydrogen-bond donors (Lipinski definition) is 2. The maximum atomic E-state index is 13.0. The Morgan fingerprint density at radius 3 is 2.59 bits per heavy atom. The fourth-order valence-electron chi connectivity index (χ4n) is 3.97. The Kier molecular flexibility index (Phi) is 7.07. The summed E-state index contributed by atoms with van der Waals surface area (Å²) in [5.41, 5.74) is 2.80. The van der Waals surface area contributed by atoms with E-state index in [4.69, 9.17) is 9.47 Å². The molecule has 0 spiro atoms. The molecule has 1 fully saturated rings. The van der Waals surface area contributed by atoms with Crippen LogP contribution in [0, 0.1) is 0 Å². The van der Waals surface area contributed by atoms with Crippen molar-refractivity contribution in [1.82, 2.24) is 15.2 Å². The molecule has 4 rings (SSSR count). The molecule has 3 aromatic rings. The van der Waals surface area contributed by atoms with E-state index in [1.54, 1.807) is 0 Å². The third kappa shape index (κ3) is 5.68. The SMILES string of the molecule is CN1CCC(OC(=O)C(Cc2c[nH]c3ccccc23)NC(=O)OCc2ccccc2)CC1. The summed E-state index contributed by atoms with van der Waals surface area (Å²) in [5.74, 6) is -0.429. The minimum atomic E-state index is -0.836. The number of ether oxygens (including phenoxy) is 2. The maximum absolute atomic E-state index is 13.0. The molecule has 1 aromatic heterocycles. The summed E-state index contributed by atoms with van der Waals surface area (Å²) >= 11 is 0. The number of esters is 1. The van der Waals surface area contributed by atoms with Gasteiger partial charge in [-0.1, -0.05) is 48.5 Å². The van der Waals surface area contributed by atoms with Crippen molar-refractivity contribution in [1.29, 1.82) is 0 Å². The van der Waals surface area contributed by atoms with Crippen molar-refractivity contribution in [3.05, 3.63) is 71.9 Å². The van der Waals surface area contributed by atoms with Gasteiger partial charge in [-0.25, -0.2) is 9.59 Å². The molecule has 2 aromatic carbocycles. The van der Waals surface area contributed by atoms with Gasteiger partial charge in [0.2, 0.25) is 0 Å². The van der Waals surface area contributed by atoms with Gasteiger partial charge in [-0.3, -0.25) is 0 Å². The third-order valence-corrected chi connectivity index (χ3v) is 5.84. The van der Waals surface area contributed by atoms with Gasteiger partial charge >= 0.3 is 12.1 Å². The molecular weight excluding hydrogens is 406 g/mol. The topological polar surface area (TPSA) is 83.7 Å². The zero-order valence-electron chi connectivity index (χ0n) is 18.3. The van der Waals surface area contributed by atoms with Gasteiger partial charge in [0.25, 0.3) is 0 Å². The van der Waals surface area contributed by atoms with E-state index >= 15 is 0 Å². The Labute approximate surface area is 187 Å². The van der Waals surface area contributed by atoms with E-state index in [-0.39, 0.29) is 12.7 Å². The monoisotopic (exact) mass is 435 g/mol. The zero-order chi connectivity index (χ0) is 22.3. The number of piperidine rings is 1. The molecule has 0 saturated carbocycles. The number of likely N-dealkylation sites (tertiary alicyclic amines) is 1. The van der Waals surface area contributed by atoms with Crippen LogP contribution in [0.4, 0.5) is 4.79 Å². The summed E-state index contributed by atoms with van der Waals surface area (Å²) in [7, 11) is 2.06. The van der Waals surface area contributed by atoms with Gasteiger partial charge in [0.05, 0.1) is 0 Å². The van der Waals surface area contributed by atoms with Gasteiger partial charge in [-0.2, -0.15) is 0 Å². The Bertz CT molecular complexity index is 1040. The van der Waals surface area contributed by atoms with Crippen molar-refractivity contribution >= 4 is 23.0 Å². The average Bonchev–Trinajstić information content (AvgIpc) is 3.22. The number of rotatable bonds is 7. The van der Waals surface area contributed by atoms with E-state index in [1.807, 2.05) is 60.8 Å². The fraction of sp³-hybridized carbons (Fsp3) is 0.360. The Hall–Kier alpha value is -3.32. The van der Waals surface area contributed by atoms with E-state index < -0.39 is 18.1 Å². The number of benzene rings is 2.